The Balaban J connectivity index is 2.81. The highest BCUT2D eigenvalue weighted by molar-refractivity contribution is 7.89. The number of nitrogens with zero attached hydrogens (tertiary/aromatic N) is 2. The summed E-state index contributed by atoms with van der Waals surface area (Å²) in [4.78, 5) is 4.14. The molecular weight excluding hydrogens is 276 g/mol. The number of aromatic nitrogens is 2. The molecule has 3 N–H and O–H groups in total. The second kappa shape index (κ2) is 6.69. The molecule has 0 aliphatic rings. The Bertz CT molecular complexity index is 535. The van der Waals surface area contributed by atoms with Gasteiger partial charge in [-0.05, 0) is 31.7 Å². The van der Waals surface area contributed by atoms with Gasteiger partial charge in [-0.1, -0.05) is 20.8 Å². The van der Waals surface area contributed by atoms with Crippen molar-refractivity contribution in [3.8, 4) is 0 Å². The van der Waals surface area contributed by atoms with E-state index in [2.05, 4.69) is 9.71 Å². The Kier molecular flexibility index (Phi) is 5.73. The first kappa shape index (κ1) is 17.1. The van der Waals surface area contributed by atoms with Crippen molar-refractivity contribution in [3.05, 3.63) is 12.0 Å². The fourth-order valence-electron chi connectivity index (χ4n) is 1.92. The van der Waals surface area contributed by atoms with Gasteiger partial charge in [-0.3, -0.25) is 0 Å². The molecule has 0 atom stereocenters. The highest BCUT2D eigenvalue weighted by Gasteiger charge is 2.24. The molecule has 0 aliphatic heterocycles. The van der Waals surface area contributed by atoms with E-state index in [0.29, 0.717) is 18.9 Å². The molecule has 0 unspecified atom stereocenters. The summed E-state index contributed by atoms with van der Waals surface area (Å²) >= 11 is 0. The first-order valence-corrected chi connectivity index (χ1v) is 8.43. The van der Waals surface area contributed by atoms with Gasteiger partial charge in [0.2, 0.25) is 0 Å². The summed E-state index contributed by atoms with van der Waals surface area (Å²) in [6.45, 7) is 9.50. The van der Waals surface area contributed by atoms with Crippen molar-refractivity contribution in [2.75, 3.05) is 13.1 Å². The van der Waals surface area contributed by atoms with Gasteiger partial charge < -0.3 is 10.3 Å². The van der Waals surface area contributed by atoms with Crippen LogP contribution in [-0.4, -0.2) is 31.1 Å². The molecule has 20 heavy (non-hydrogen) atoms. The molecule has 1 rings (SSSR count). The highest BCUT2D eigenvalue weighted by Crippen LogP contribution is 2.19. The van der Waals surface area contributed by atoms with Crippen molar-refractivity contribution in [1.82, 2.24) is 14.3 Å². The van der Waals surface area contributed by atoms with Crippen molar-refractivity contribution in [2.24, 2.45) is 11.1 Å². The lowest BCUT2D eigenvalue weighted by Gasteiger charge is -2.23. The number of nitrogens with two attached hydrogens (primary N) is 1. The first-order chi connectivity index (χ1) is 9.22. The molecule has 0 aliphatic carbocycles. The summed E-state index contributed by atoms with van der Waals surface area (Å²) in [6.07, 6.45) is 3.30. The fraction of sp³-hybridized carbons (Fsp3) is 0.769. The van der Waals surface area contributed by atoms with Gasteiger partial charge >= 0.3 is 0 Å². The average molecular weight is 302 g/mol. The van der Waals surface area contributed by atoms with E-state index in [0.717, 1.165) is 19.4 Å². The third kappa shape index (κ3) is 4.57. The van der Waals surface area contributed by atoms with Crippen LogP contribution in [0.1, 0.15) is 39.4 Å². The Labute approximate surface area is 121 Å². The van der Waals surface area contributed by atoms with E-state index in [4.69, 9.17) is 5.73 Å². The van der Waals surface area contributed by atoms with Gasteiger partial charge in [0.25, 0.3) is 10.0 Å². The van der Waals surface area contributed by atoms with Crippen LogP contribution >= 0.6 is 0 Å². The summed E-state index contributed by atoms with van der Waals surface area (Å²) in [5, 5.41) is 0.0898. The van der Waals surface area contributed by atoms with Crippen LogP contribution in [0, 0.1) is 12.3 Å². The number of rotatable bonds is 8. The van der Waals surface area contributed by atoms with E-state index in [-0.39, 0.29) is 10.4 Å². The van der Waals surface area contributed by atoms with Crippen molar-refractivity contribution < 1.29 is 8.42 Å². The molecule has 1 heterocycles. The van der Waals surface area contributed by atoms with Gasteiger partial charge in [0.15, 0.2) is 5.03 Å². The maximum absolute atomic E-state index is 12.2. The summed E-state index contributed by atoms with van der Waals surface area (Å²) < 4.78 is 29.0. The highest BCUT2D eigenvalue weighted by atomic mass is 32.2. The van der Waals surface area contributed by atoms with E-state index >= 15 is 0 Å². The number of hydrogen-bond acceptors (Lipinski definition) is 4. The quantitative estimate of drug-likeness (QED) is 0.756. The van der Waals surface area contributed by atoms with Crippen LogP contribution in [0.25, 0.3) is 0 Å². The maximum Gasteiger partial charge on any atom is 0.259 e. The summed E-state index contributed by atoms with van der Waals surface area (Å²) in [5.41, 5.74) is 5.36. The molecule has 0 spiro atoms. The number of aryl methyl sites for hydroxylation is 2. The SMILES string of the molecule is CCCn1cc(S(=O)(=O)NCC(C)(C)CCN)nc1C. The van der Waals surface area contributed by atoms with E-state index in [1.807, 2.05) is 32.3 Å². The number of hydrogen-bond donors (Lipinski definition) is 2. The van der Waals surface area contributed by atoms with Crippen molar-refractivity contribution in [1.29, 1.82) is 0 Å². The number of imidazole rings is 1. The van der Waals surface area contributed by atoms with Gasteiger partial charge in [0.1, 0.15) is 5.82 Å². The van der Waals surface area contributed by atoms with E-state index in [1.165, 1.54) is 0 Å². The Morgan fingerprint density at radius 2 is 2.10 bits per heavy atom. The van der Waals surface area contributed by atoms with Crippen LogP contribution in [0.3, 0.4) is 0 Å². The van der Waals surface area contributed by atoms with Crippen LogP contribution in [0.15, 0.2) is 11.2 Å². The van der Waals surface area contributed by atoms with Crippen LogP contribution < -0.4 is 10.5 Å². The molecule has 6 nitrogen and oxygen atoms in total. The molecule has 0 amide bonds. The largest absolute Gasteiger partial charge is 0.334 e. The molecule has 0 saturated heterocycles. The van der Waals surface area contributed by atoms with Crippen molar-refractivity contribution in [2.45, 2.75) is 52.1 Å². The zero-order valence-electron chi connectivity index (χ0n) is 12.8. The standard InChI is InChI=1S/C13H26N4O2S/c1-5-8-17-9-12(16-11(17)2)20(18,19)15-10-13(3,4)6-7-14/h9,15H,5-8,10,14H2,1-4H3. The second-order valence-corrected chi connectivity index (χ2v) is 7.56. The van der Waals surface area contributed by atoms with E-state index < -0.39 is 10.0 Å². The van der Waals surface area contributed by atoms with Crippen molar-refractivity contribution in [3.63, 3.8) is 0 Å². The zero-order valence-corrected chi connectivity index (χ0v) is 13.6. The molecule has 0 bridgehead atoms. The van der Waals surface area contributed by atoms with Gasteiger partial charge in [0.05, 0.1) is 0 Å². The molecular formula is C13H26N4O2S. The van der Waals surface area contributed by atoms with Gasteiger partial charge in [0, 0.05) is 19.3 Å². The van der Waals surface area contributed by atoms with Crippen LogP contribution in [0.4, 0.5) is 0 Å². The number of sulfonamides is 1. The second-order valence-electron chi connectivity index (χ2n) is 5.85. The minimum atomic E-state index is -3.55. The summed E-state index contributed by atoms with van der Waals surface area (Å²) in [5.74, 6) is 0.716. The normalized spacial score (nSPS) is 12.8. The lowest BCUT2D eigenvalue weighted by atomic mass is 9.90. The van der Waals surface area contributed by atoms with Gasteiger partial charge in [-0.15, -0.1) is 0 Å². The van der Waals surface area contributed by atoms with E-state index in [9.17, 15) is 8.42 Å². The monoisotopic (exact) mass is 302 g/mol. The first-order valence-electron chi connectivity index (χ1n) is 6.95. The molecule has 0 saturated carbocycles. The van der Waals surface area contributed by atoms with Crippen LogP contribution in [0.5, 0.6) is 0 Å². The molecule has 7 heteroatoms. The van der Waals surface area contributed by atoms with Gasteiger partial charge in [-0.2, -0.15) is 0 Å². The van der Waals surface area contributed by atoms with Crippen molar-refractivity contribution >= 4 is 10.0 Å². The Hall–Kier alpha value is -0.920. The molecule has 0 radical (unpaired) electrons. The molecule has 1 aromatic heterocycles. The molecule has 1 aromatic rings. The minimum absolute atomic E-state index is 0.0898. The zero-order chi connectivity index (χ0) is 15.4. The smallest absolute Gasteiger partial charge is 0.259 e. The topological polar surface area (TPSA) is 90.0 Å². The maximum atomic E-state index is 12.2. The van der Waals surface area contributed by atoms with E-state index in [1.54, 1.807) is 6.20 Å². The van der Waals surface area contributed by atoms with Crippen LogP contribution in [-0.2, 0) is 16.6 Å². The summed E-state index contributed by atoms with van der Waals surface area (Å²) in [7, 11) is -3.55. The third-order valence-electron chi connectivity index (χ3n) is 3.26. The predicted octanol–water partition coefficient (Wildman–Crippen LogP) is 1.25. The predicted molar refractivity (Wildman–Crippen MR) is 79.9 cm³/mol. The minimum Gasteiger partial charge on any atom is -0.334 e. The molecule has 116 valence electrons. The fourth-order valence-corrected chi connectivity index (χ4v) is 3.17. The molecule has 0 aromatic carbocycles. The molecule has 0 fully saturated rings. The Morgan fingerprint density at radius 3 is 2.65 bits per heavy atom. The summed E-state index contributed by atoms with van der Waals surface area (Å²) in [6, 6.07) is 0. The third-order valence-corrected chi connectivity index (χ3v) is 4.53. The van der Waals surface area contributed by atoms with Gasteiger partial charge in [-0.25, -0.2) is 18.1 Å². The lowest BCUT2D eigenvalue weighted by molar-refractivity contribution is 0.340. The Morgan fingerprint density at radius 1 is 1.45 bits per heavy atom. The lowest BCUT2D eigenvalue weighted by Crippen LogP contribution is -2.35. The number of nitrogens with one attached hydrogen (secondary N) is 1. The average Bonchev–Trinajstić information content (AvgIpc) is 2.70. The van der Waals surface area contributed by atoms with Crippen LogP contribution in [0.2, 0.25) is 0 Å².